The Balaban J connectivity index is 2.40. The molecule has 0 spiro atoms. The Labute approximate surface area is 84.5 Å². The van der Waals surface area contributed by atoms with Crippen LogP contribution in [-0.4, -0.2) is 46.8 Å². The van der Waals surface area contributed by atoms with Gasteiger partial charge in [0.05, 0.1) is 5.92 Å². The van der Waals surface area contributed by atoms with Crippen molar-refractivity contribution in [3.63, 3.8) is 0 Å². The molecule has 82 valence electrons. The molecule has 0 aromatic heterocycles. The van der Waals surface area contributed by atoms with Crippen molar-refractivity contribution in [2.45, 2.75) is 32.2 Å². The summed E-state index contributed by atoms with van der Waals surface area (Å²) in [4.78, 5) is 13.0. The van der Waals surface area contributed by atoms with Gasteiger partial charge in [0.2, 0.25) is 0 Å². The Morgan fingerprint density at radius 3 is 2.57 bits per heavy atom. The van der Waals surface area contributed by atoms with Gasteiger partial charge in [0.25, 0.3) is 0 Å². The number of carbonyl (C=O) groups is 1. The predicted octanol–water partition coefficient (Wildman–Crippen LogP) is 0.554. The number of aliphatic hydroxyl groups excluding tert-OH is 1. The number of hydrogen-bond acceptors (Lipinski definition) is 3. The smallest absolute Gasteiger partial charge is 0.308 e. The van der Waals surface area contributed by atoms with Crippen molar-refractivity contribution >= 4 is 5.97 Å². The highest BCUT2D eigenvalue weighted by atomic mass is 16.4. The summed E-state index contributed by atoms with van der Waals surface area (Å²) in [6, 6.07) is 0.198. The molecule has 0 aromatic carbocycles. The predicted molar refractivity (Wildman–Crippen MR) is 53.1 cm³/mol. The number of aliphatic hydroxyl groups is 1. The molecule has 0 bridgehead atoms. The Morgan fingerprint density at radius 2 is 2.21 bits per heavy atom. The van der Waals surface area contributed by atoms with E-state index in [1.54, 1.807) is 0 Å². The zero-order valence-corrected chi connectivity index (χ0v) is 8.65. The number of aliphatic carboxylic acids is 1. The van der Waals surface area contributed by atoms with Gasteiger partial charge in [-0.2, -0.15) is 0 Å². The van der Waals surface area contributed by atoms with Gasteiger partial charge in [0, 0.05) is 19.2 Å². The molecule has 1 aliphatic rings. The maximum Gasteiger partial charge on any atom is 0.308 e. The van der Waals surface area contributed by atoms with Gasteiger partial charge in [0.1, 0.15) is 0 Å². The molecule has 14 heavy (non-hydrogen) atoms. The van der Waals surface area contributed by atoms with E-state index in [9.17, 15) is 4.79 Å². The number of carboxylic acid groups (broad SMARTS) is 1. The topological polar surface area (TPSA) is 60.8 Å². The van der Waals surface area contributed by atoms with Crippen molar-refractivity contribution in [2.75, 3.05) is 19.7 Å². The van der Waals surface area contributed by atoms with E-state index in [1.807, 2.05) is 6.92 Å². The molecule has 2 atom stereocenters. The van der Waals surface area contributed by atoms with Crippen LogP contribution in [-0.2, 0) is 4.79 Å². The molecule has 1 fully saturated rings. The second-order valence-electron chi connectivity index (χ2n) is 3.80. The van der Waals surface area contributed by atoms with Gasteiger partial charge in [-0.3, -0.25) is 9.69 Å². The number of rotatable bonds is 6. The van der Waals surface area contributed by atoms with Crippen LogP contribution in [0, 0.1) is 5.92 Å². The van der Waals surface area contributed by atoms with Crippen molar-refractivity contribution in [2.24, 2.45) is 5.92 Å². The van der Waals surface area contributed by atoms with Crippen molar-refractivity contribution < 1.29 is 15.0 Å². The lowest BCUT2D eigenvalue weighted by molar-refractivity contribution is -0.148. The Bertz CT molecular complexity index is 196. The second kappa shape index (κ2) is 5.32. The van der Waals surface area contributed by atoms with Crippen molar-refractivity contribution in [1.29, 1.82) is 0 Å². The lowest BCUT2D eigenvalue weighted by Crippen LogP contribution is -2.50. The van der Waals surface area contributed by atoms with E-state index in [2.05, 4.69) is 4.90 Å². The van der Waals surface area contributed by atoms with Gasteiger partial charge in [-0.05, 0) is 25.8 Å². The number of hydrogen-bond donors (Lipinski definition) is 2. The molecular formula is C10H19NO3. The second-order valence-corrected chi connectivity index (χ2v) is 3.80. The summed E-state index contributed by atoms with van der Waals surface area (Å²) in [5, 5.41) is 17.6. The summed E-state index contributed by atoms with van der Waals surface area (Å²) >= 11 is 0. The SMILES string of the molecule is CCN(CCCO)C1CCC1C(=O)O. The normalized spacial score (nSPS) is 26.2. The third-order valence-corrected chi connectivity index (χ3v) is 3.03. The number of nitrogens with zero attached hydrogens (tertiary/aromatic N) is 1. The highest BCUT2D eigenvalue weighted by Gasteiger charge is 2.39. The molecule has 4 nitrogen and oxygen atoms in total. The van der Waals surface area contributed by atoms with E-state index in [-0.39, 0.29) is 18.6 Å². The average molecular weight is 201 g/mol. The molecule has 1 aliphatic carbocycles. The van der Waals surface area contributed by atoms with Gasteiger partial charge < -0.3 is 10.2 Å². The van der Waals surface area contributed by atoms with Crippen molar-refractivity contribution in [3.8, 4) is 0 Å². The highest BCUT2D eigenvalue weighted by Crippen LogP contribution is 2.32. The summed E-state index contributed by atoms with van der Waals surface area (Å²) < 4.78 is 0. The average Bonchev–Trinajstić information content (AvgIpc) is 2.08. The molecule has 0 radical (unpaired) electrons. The lowest BCUT2D eigenvalue weighted by atomic mass is 9.78. The zero-order chi connectivity index (χ0) is 10.6. The van der Waals surface area contributed by atoms with Gasteiger partial charge in [0.15, 0.2) is 0 Å². The van der Waals surface area contributed by atoms with E-state index >= 15 is 0 Å². The third kappa shape index (κ3) is 2.45. The van der Waals surface area contributed by atoms with Crippen molar-refractivity contribution in [3.05, 3.63) is 0 Å². The molecule has 2 unspecified atom stereocenters. The van der Waals surface area contributed by atoms with Gasteiger partial charge >= 0.3 is 5.97 Å². The maximum atomic E-state index is 10.8. The van der Waals surface area contributed by atoms with Crippen LogP contribution in [0.2, 0.25) is 0 Å². The molecule has 0 aliphatic heterocycles. The minimum Gasteiger partial charge on any atom is -0.481 e. The quantitative estimate of drug-likeness (QED) is 0.659. The van der Waals surface area contributed by atoms with E-state index < -0.39 is 5.97 Å². The van der Waals surface area contributed by atoms with Gasteiger partial charge in [-0.25, -0.2) is 0 Å². The minimum atomic E-state index is -0.677. The Hall–Kier alpha value is -0.610. The summed E-state index contributed by atoms with van der Waals surface area (Å²) in [6.07, 6.45) is 2.52. The molecule has 1 saturated carbocycles. The van der Waals surface area contributed by atoms with E-state index in [0.717, 1.165) is 32.4 Å². The first-order valence-corrected chi connectivity index (χ1v) is 5.28. The van der Waals surface area contributed by atoms with E-state index in [4.69, 9.17) is 10.2 Å². The fraction of sp³-hybridized carbons (Fsp3) is 0.900. The standard InChI is InChI=1S/C10H19NO3/c1-2-11(6-3-7-12)9-5-4-8(9)10(13)14/h8-9,12H,2-7H2,1H3,(H,13,14). The zero-order valence-electron chi connectivity index (χ0n) is 8.65. The van der Waals surface area contributed by atoms with E-state index in [0.29, 0.717) is 0 Å². The summed E-state index contributed by atoms with van der Waals surface area (Å²) in [5.74, 6) is -0.864. The van der Waals surface area contributed by atoms with Crippen LogP contribution < -0.4 is 0 Å². The van der Waals surface area contributed by atoms with Crippen LogP contribution in [0.25, 0.3) is 0 Å². The first-order chi connectivity index (χ1) is 6.70. The van der Waals surface area contributed by atoms with Crippen LogP contribution in [0.4, 0.5) is 0 Å². The molecule has 1 rings (SSSR count). The van der Waals surface area contributed by atoms with E-state index in [1.165, 1.54) is 0 Å². The van der Waals surface area contributed by atoms with Crippen molar-refractivity contribution in [1.82, 2.24) is 4.90 Å². The summed E-state index contributed by atoms with van der Waals surface area (Å²) in [7, 11) is 0. The van der Waals surface area contributed by atoms with Crippen LogP contribution >= 0.6 is 0 Å². The fourth-order valence-corrected chi connectivity index (χ4v) is 2.04. The fourth-order valence-electron chi connectivity index (χ4n) is 2.04. The highest BCUT2D eigenvalue weighted by molar-refractivity contribution is 5.72. The third-order valence-electron chi connectivity index (χ3n) is 3.03. The lowest BCUT2D eigenvalue weighted by Gasteiger charge is -2.41. The van der Waals surface area contributed by atoms with Crippen LogP contribution in [0.1, 0.15) is 26.2 Å². The molecule has 0 aromatic rings. The van der Waals surface area contributed by atoms with Crippen LogP contribution in [0.3, 0.4) is 0 Å². The first-order valence-electron chi connectivity index (χ1n) is 5.28. The Morgan fingerprint density at radius 1 is 1.50 bits per heavy atom. The van der Waals surface area contributed by atoms with Crippen LogP contribution in [0.5, 0.6) is 0 Å². The van der Waals surface area contributed by atoms with Crippen LogP contribution in [0.15, 0.2) is 0 Å². The Kier molecular flexibility index (Phi) is 4.35. The monoisotopic (exact) mass is 201 g/mol. The maximum absolute atomic E-state index is 10.8. The molecule has 0 saturated heterocycles. The molecule has 0 heterocycles. The number of carboxylic acids is 1. The molecule has 2 N–H and O–H groups in total. The minimum absolute atomic E-state index is 0.182. The first kappa shape index (κ1) is 11.5. The molecule has 4 heteroatoms. The van der Waals surface area contributed by atoms with Gasteiger partial charge in [-0.15, -0.1) is 0 Å². The largest absolute Gasteiger partial charge is 0.481 e. The summed E-state index contributed by atoms with van der Waals surface area (Å²) in [6.45, 7) is 3.89. The van der Waals surface area contributed by atoms with Gasteiger partial charge in [-0.1, -0.05) is 6.92 Å². The molecular weight excluding hydrogens is 182 g/mol. The summed E-state index contributed by atoms with van der Waals surface area (Å²) in [5.41, 5.74) is 0. The molecule has 0 amide bonds.